The minimum atomic E-state index is 0.145. The molecule has 4 fully saturated rings. The smallest absolute Gasteiger partial charge is 0.222 e. The molecule has 0 spiro atoms. The Bertz CT molecular complexity index is 513. The van der Waals surface area contributed by atoms with Gasteiger partial charge in [-0.3, -0.25) is 9.48 Å². The Kier molecular flexibility index (Phi) is 3.09. The lowest BCUT2D eigenvalue weighted by atomic mass is 9.53. The summed E-state index contributed by atoms with van der Waals surface area (Å²) in [5.41, 5.74) is 1.16. The third-order valence-corrected chi connectivity index (χ3v) is 5.78. The van der Waals surface area contributed by atoms with Crippen LogP contribution in [0.15, 0.2) is 12.3 Å². The summed E-state index contributed by atoms with van der Waals surface area (Å²) in [5, 5.41) is 7.77. The van der Waals surface area contributed by atoms with Crippen LogP contribution in [0.1, 0.15) is 50.6 Å². The molecule has 1 amide bonds. The summed E-state index contributed by atoms with van der Waals surface area (Å²) >= 11 is 0. The van der Waals surface area contributed by atoms with E-state index in [-0.39, 0.29) is 11.4 Å². The Morgan fingerprint density at radius 2 is 1.90 bits per heavy atom. The zero-order valence-corrected chi connectivity index (χ0v) is 12.8. The van der Waals surface area contributed by atoms with Gasteiger partial charge in [-0.1, -0.05) is 0 Å². The van der Waals surface area contributed by atoms with Crippen molar-refractivity contribution < 1.29 is 4.79 Å². The van der Waals surface area contributed by atoms with E-state index in [1.807, 2.05) is 23.9 Å². The second kappa shape index (κ2) is 4.85. The van der Waals surface area contributed by atoms with Gasteiger partial charge in [-0.25, -0.2) is 0 Å². The van der Waals surface area contributed by atoms with E-state index in [4.69, 9.17) is 0 Å². The fourth-order valence-corrected chi connectivity index (χ4v) is 5.43. The summed E-state index contributed by atoms with van der Waals surface area (Å²) in [6.07, 6.45) is 10.4. The Labute approximate surface area is 126 Å². The van der Waals surface area contributed by atoms with Crippen molar-refractivity contribution in [3.8, 4) is 0 Å². The number of hydrogen-bond acceptors (Lipinski definition) is 2. The van der Waals surface area contributed by atoms with E-state index < -0.39 is 0 Å². The predicted molar refractivity (Wildman–Crippen MR) is 80.6 cm³/mol. The first-order valence-corrected chi connectivity index (χ1v) is 8.41. The van der Waals surface area contributed by atoms with E-state index in [2.05, 4.69) is 10.4 Å². The van der Waals surface area contributed by atoms with Crippen LogP contribution in [0.2, 0.25) is 0 Å². The topological polar surface area (TPSA) is 46.9 Å². The standard InChI is InChI=1S/C17H25N3O/c1-12-2-4-20(19-12)5-3-16(21)18-17-9-13-6-14(10-17)8-15(7-13)11-17/h2,4,13-15H,3,5-11H2,1H3,(H,18,21). The summed E-state index contributed by atoms with van der Waals surface area (Å²) in [7, 11) is 0. The van der Waals surface area contributed by atoms with Crippen LogP contribution in [0.3, 0.4) is 0 Å². The molecule has 1 heterocycles. The number of nitrogens with one attached hydrogen (secondary N) is 1. The summed E-state index contributed by atoms with van der Waals surface area (Å²) in [6, 6.07) is 1.98. The number of rotatable bonds is 4. The van der Waals surface area contributed by atoms with Crippen molar-refractivity contribution in [2.45, 2.75) is 64.0 Å². The molecule has 5 rings (SSSR count). The summed E-state index contributed by atoms with van der Waals surface area (Å²) in [5.74, 6) is 2.85. The number of nitrogens with zero attached hydrogens (tertiary/aromatic N) is 2. The highest BCUT2D eigenvalue weighted by Crippen LogP contribution is 2.55. The Balaban J connectivity index is 1.36. The van der Waals surface area contributed by atoms with E-state index in [1.54, 1.807) is 0 Å². The molecule has 1 N–H and O–H groups in total. The number of amides is 1. The Hall–Kier alpha value is -1.32. The molecular formula is C17H25N3O. The molecule has 0 aromatic carbocycles. The molecule has 4 nitrogen and oxygen atoms in total. The minimum absolute atomic E-state index is 0.145. The molecule has 1 aromatic heterocycles. The molecule has 0 aliphatic heterocycles. The van der Waals surface area contributed by atoms with E-state index >= 15 is 0 Å². The van der Waals surface area contributed by atoms with Crippen molar-refractivity contribution in [2.24, 2.45) is 17.8 Å². The molecule has 4 aliphatic carbocycles. The van der Waals surface area contributed by atoms with E-state index in [9.17, 15) is 4.79 Å². The average molecular weight is 287 g/mol. The molecule has 4 saturated carbocycles. The van der Waals surface area contributed by atoms with Crippen LogP contribution in [-0.2, 0) is 11.3 Å². The summed E-state index contributed by atoms with van der Waals surface area (Å²) in [4.78, 5) is 12.4. The normalized spacial score (nSPS) is 36.9. The van der Waals surface area contributed by atoms with Crippen molar-refractivity contribution in [3.05, 3.63) is 18.0 Å². The maximum atomic E-state index is 12.4. The molecule has 0 unspecified atom stereocenters. The molecule has 0 atom stereocenters. The highest BCUT2D eigenvalue weighted by molar-refractivity contribution is 5.76. The van der Waals surface area contributed by atoms with Gasteiger partial charge in [0.25, 0.3) is 0 Å². The lowest BCUT2D eigenvalue weighted by molar-refractivity contribution is -0.127. The van der Waals surface area contributed by atoms with E-state index in [0.29, 0.717) is 13.0 Å². The number of aryl methyl sites for hydroxylation is 2. The SMILES string of the molecule is Cc1ccn(CCC(=O)NC23CC4CC(CC(C4)C2)C3)n1. The van der Waals surface area contributed by atoms with Crippen molar-refractivity contribution >= 4 is 5.91 Å². The lowest BCUT2D eigenvalue weighted by Gasteiger charge is -2.56. The first-order chi connectivity index (χ1) is 10.1. The van der Waals surface area contributed by atoms with Gasteiger partial charge in [0.2, 0.25) is 5.91 Å². The molecular weight excluding hydrogens is 262 g/mol. The lowest BCUT2D eigenvalue weighted by Crippen LogP contribution is -2.59. The fraction of sp³-hybridized carbons (Fsp3) is 0.765. The largest absolute Gasteiger partial charge is 0.351 e. The molecule has 1 aromatic rings. The van der Waals surface area contributed by atoms with Gasteiger partial charge >= 0.3 is 0 Å². The summed E-state index contributed by atoms with van der Waals surface area (Å²) < 4.78 is 1.87. The van der Waals surface area contributed by atoms with Gasteiger partial charge in [-0.05, 0) is 69.3 Å². The first kappa shape index (κ1) is 13.4. The molecule has 114 valence electrons. The second-order valence-corrected chi connectivity index (χ2v) is 7.72. The number of carbonyl (C=O) groups excluding carboxylic acids is 1. The van der Waals surface area contributed by atoms with E-state index in [0.717, 1.165) is 23.4 Å². The number of hydrogen-bond donors (Lipinski definition) is 1. The van der Waals surface area contributed by atoms with Crippen LogP contribution in [0.5, 0.6) is 0 Å². The quantitative estimate of drug-likeness (QED) is 0.925. The Morgan fingerprint density at radius 3 is 2.43 bits per heavy atom. The third-order valence-electron chi connectivity index (χ3n) is 5.78. The van der Waals surface area contributed by atoms with Crippen LogP contribution in [0, 0.1) is 24.7 Å². The zero-order valence-electron chi connectivity index (χ0n) is 12.8. The first-order valence-electron chi connectivity index (χ1n) is 8.41. The average Bonchev–Trinajstić information content (AvgIpc) is 2.80. The minimum Gasteiger partial charge on any atom is -0.351 e. The highest BCUT2D eigenvalue weighted by atomic mass is 16.1. The van der Waals surface area contributed by atoms with Crippen LogP contribution in [-0.4, -0.2) is 21.2 Å². The monoisotopic (exact) mass is 287 g/mol. The van der Waals surface area contributed by atoms with Crippen molar-refractivity contribution in [2.75, 3.05) is 0 Å². The van der Waals surface area contributed by atoms with Crippen LogP contribution in [0.25, 0.3) is 0 Å². The van der Waals surface area contributed by atoms with Gasteiger partial charge in [0, 0.05) is 24.7 Å². The third kappa shape index (κ3) is 2.60. The van der Waals surface area contributed by atoms with Crippen LogP contribution >= 0.6 is 0 Å². The molecule has 4 aliphatic rings. The molecule has 4 bridgehead atoms. The van der Waals surface area contributed by atoms with Gasteiger partial charge in [0.05, 0.1) is 5.69 Å². The van der Waals surface area contributed by atoms with Crippen molar-refractivity contribution in [3.63, 3.8) is 0 Å². The van der Waals surface area contributed by atoms with Gasteiger partial charge in [-0.2, -0.15) is 5.10 Å². The molecule has 4 heteroatoms. The maximum absolute atomic E-state index is 12.4. The summed E-state index contributed by atoms with van der Waals surface area (Å²) in [6.45, 7) is 2.66. The van der Waals surface area contributed by atoms with E-state index in [1.165, 1.54) is 38.5 Å². The van der Waals surface area contributed by atoms with Crippen molar-refractivity contribution in [1.82, 2.24) is 15.1 Å². The Morgan fingerprint density at radius 1 is 1.29 bits per heavy atom. The maximum Gasteiger partial charge on any atom is 0.222 e. The number of aromatic nitrogens is 2. The van der Waals surface area contributed by atoms with Gasteiger partial charge in [0.1, 0.15) is 0 Å². The van der Waals surface area contributed by atoms with Gasteiger partial charge < -0.3 is 5.32 Å². The fourth-order valence-electron chi connectivity index (χ4n) is 5.43. The van der Waals surface area contributed by atoms with Crippen LogP contribution < -0.4 is 5.32 Å². The molecule has 0 radical (unpaired) electrons. The van der Waals surface area contributed by atoms with Gasteiger partial charge in [-0.15, -0.1) is 0 Å². The number of carbonyl (C=O) groups is 1. The zero-order chi connectivity index (χ0) is 14.4. The molecule has 0 saturated heterocycles. The second-order valence-electron chi connectivity index (χ2n) is 7.72. The predicted octanol–water partition coefficient (Wildman–Crippen LogP) is 2.67. The van der Waals surface area contributed by atoms with Gasteiger partial charge in [0.15, 0.2) is 0 Å². The molecule has 21 heavy (non-hydrogen) atoms. The van der Waals surface area contributed by atoms with Crippen molar-refractivity contribution in [1.29, 1.82) is 0 Å². The highest BCUT2D eigenvalue weighted by Gasteiger charge is 2.51. The van der Waals surface area contributed by atoms with Crippen LogP contribution in [0.4, 0.5) is 0 Å².